The largest absolute Gasteiger partial charge is 0.315 e. The summed E-state index contributed by atoms with van der Waals surface area (Å²) in [5.41, 5.74) is 1.08. The van der Waals surface area contributed by atoms with Crippen LogP contribution in [0.4, 0.5) is 0 Å². The van der Waals surface area contributed by atoms with Gasteiger partial charge in [-0.25, -0.2) is 4.98 Å². The maximum absolute atomic E-state index is 4.64. The third kappa shape index (κ3) is 2.14. The molecule has 0 radical (unpaired) electrons. The minimum atomic E-state index is 0.779. The first-order valence-electron chi connectivity index (χ1n) is 7.22. The SMILES string of the molecule is c1cn2cc(Cc3nnc4n3CCCCCC4)nc2s1. The van der Waals surface area contributed by atoms with E-state index < -0.39 is 0 Å². The Balaban J connectivity index is 1.63. The molecule has 6 heteroatoms. The zero-order valence-corrected chi connectivity index (χ0v) is 12.1. The van der Waals surface area contributed by atoms with E-state index in [-0.39, 0.29) is 0 Å². The molecule has 0 aliphatic carbocycles. The Morgan fingerprint density at radius 1 is 1.15 bits per heavy atom. The zero-order chi connectivity index (χ0) is 13.4. The molecule has 0 N–H and O–H groups in total. The second-order valence-electron chi connectivity index (χ2n) is 5.35. The van der Waals surface area contributed by atoms with Gasteiger partial charge in [0.1, 0.15) is 11.6 Å². The van der Waals surface area contributed by atoms with Gasteiger partial charge < -0.3 is 4.57 Å². The lowest BCUT2D eigenvalue weighted by atomic mass is 10.1. The Kier molecular flexibility index (Phi) is 3.03. The predicted octanol–water partition coefficient (Wildman–Crippen LogP) is 2.69. The van der Waals surface area contributed by atoms with Crippen molar-refractivity contribution in [1.29, 1.82) is 0 Å². The van der Waals surface area contributed by atoms with Gasteiger partial charge in [0.2, 0.25) is 0 Å². The normalized spacial score (nSPS) is 16.0. The summed E-state index contributed by atoms with van der Waals surface area (Å²) in [5.74, 6) is 2.22. The highest BCUT2D eigenvalue weighted by Crippen LogP contribution is 2.18. The van der Waals surface area contributed by atoms with Crippen LogP contribution >= 0.6 is 11.3 Å². The van der Waals surface area contributed by atoms with Gasteiger partial charge in [0.05, 0.1) is 12.1 Å². The van der Waals surface area contributed by atoms with Gasteiger partial charge in [-0.15, -0.1) is 21.5 Å². The van der Waals surface area contributed by atoms with E-state index in [2.05, 4.69) is 35.7 Å². The molecular formula is C14H17N5S. The number of fused-ring (bicyclic) bond motifs is 2. The van der Waals surface area contributed by atoms with Crippen molar-refractivity contribution in [2.24, 2.45) is 0 Å². The molecule has 0 saturated carbocycles. The molecule has 0 unspecified atom stereocenters. The summed E-state index contributed by atoms with van der Waals surface area (Å²) >= 11 is 1.66. The van der Waals surface area contributed by atoms with Crippen molar-refractivity contribution in [3.8, 4) is 0 Å². The van der Waals surface area contributed by atoms with Gasteiger partial charge in [0.25, 0.3) is 0 Å². The molecule has 4 heterocycles. The van der Waals surface area contributed by atoms with Gasteiger partial charge in [-0.05, 0) is 12.8 Å². The summed E-state index contributed by atoms with van der Waals surface area (Å²) in [4.78, 5) is 5.69. The van der Waals surface area contributed by atoms with Crippen molar-refractivity contribution in [2.45, 2.75) is 45.1 Å². The maximum Gasteiger partial charge on any atom is 0.193 e. The molecule has 4 rings (SSSR count). The van der Waals surface area contributed by atoms with Crippen LogP contribution in [0.15, 0.2) is 17.8 Å². The van der Waals surface area contributed by atoms with Crippen molar-refractivity contribution in [2.75, 3.05) is 0 Å². The van der Waals surface area contributed by atoms with Crippen LogP contribution in [-0.4, -0.2) is 24.1 Å². The summed E-state index contributed by atoms with van der Waals surface area (Å²) in [7, 11) is 0. The Hall–Kier alpha value is -1.69. The Morgan fingerprint density at radius 2 is 2.10 bits per heavy atom. The van der Waals surface area contributed by atoms with Crippen LogP contribution in [0, 0.1) is 0 Å². The number of hydrogen-bond acceptors (Lipinski definition) is 4. The molecule has 1 aliphatic heterocycles. The maximum atomic E-state index is 4.64. The molecule has 0 spiro atoms. The average Bonchev–Trinajstić information content (AvgIpc) is 3.05. The predicted molar refractivity (Wildman–Crippen MR) is 78.1 cm³/mol. The molecule has 0 aromatic carbocycles. The Morgan fingerprint density at radius 3 is 3.05 bits per heavy atom. The fourth-order valence-electron chi connectivity index (χ4n) is 2.88. The summed E-state index contributed by atoms with van der Waals surface area (Å²) in [6.45, 7) is 1.06. The van der Waals surface area contributed by atoms with Crippen LogP contribution in [0.5, 0.6) is 0 Å². The first kappa shape index (κ1) is 12.1. The van der Waals surface area contributed by atoms with E-state index in [1.54, 1.807) is 11.3 Å². The Bertz CT molecular complexity index is 694. The van der Waals surface area contributed by atoms with Crippen LogP contribution in [0.2, 0.25) is 0 Å². The lowest BCUT2D eigenvalue weighted by molar-refractivity contribution is 0.506. The third-order valence-electron chi connectivity index (χ3n) is 3.92. The van der Waals surface area contributed by atoms with E-state index in [9.17, 15) is 0 Å². The summed E-state index contributed by atoms with van der Waals surface area (Å²) in [6.07, 6.45) is 11.1. The van der Waals surface area contributed by atoms with Gasteiger partial charge in [0, 0.05) is 30.7 Å². The van der Waals surface area contributed by atoms with Crippen LogP contribution in [-0.2, 0) is 19.4 Å². The molecule has 0 amide bonds. The first-order valence-corrected chi connectivity index (χ1v) is 8.10. The van der Waals surface area contributed by atoms with Gasteiger partial charge in [-0.1, -0.05) is 12.8 Å². The molecular weight excluding hydrogens is 270 g/mol. The van der Waals surface area contributed by atoms with E-state index in [0.29, 0.717) is 0 Å². The van der Waals surface area contributed by atoms with Crippen molar-refractivity contribution in [3.63, 3.8) is 0 Å². The van der Waals surface area contributed by atoms with Gasteiger partial charge >= 0.3 is 0 Å². The van der Waals surface area contributed by atoms with Gasteiger partial charge in [-0.2, -0.15) is 0 Å². The molecule has 104 valence electrons. The lowest BCUT2D eigenvalue weighted by Crippen LogP contribution is -2.11. The van der Waals surface area contributed by atoms with Crippen LogP contribution in [0.3, 0.4) is 0 Å². The number of aryl methyl sites for hydroxylation is 1. The van der Waals surface area contributed by atoms with Crippen molar-refractivity contribution >= 4 is 16.3 Å². The molecule has 0 saturated heterocycles. The number of thiazole rings is 1. The highest BCUT2D eigenvalue weighted by molar-refractivity contribution is 7.15. The lowest BCUT2D eigenvalue weighted by Gasteiger charge is -2.12. The zero-order valence-electron chi connectivity index (χ0n) is 11.3. The first-order chi connectivity index (χ1) is 9.90. The number of nitrogens with zero attached hydrogens (tertiary/aromatic N) is 5. The monoisotopic (exact) mass is 287 g/mol. The van der Waals surface area contributed by atoms with Crippen LogP contribution in [0.1, 0.15) is 43.0 Å². The van der Waals surface area contributed by atoms with E-state index in [0.717, 1.165) is 41.7 Å². The second-order valence-corrected chi connectivity index (χ2v) is 6.22. The molecule has 0 bridgehead atoms. The average molecular weight is 287 g/mol. The minimum Gasteiger partial charge on any atom is -0.315 e. The number of imidazole rings is 1. The molecule has 1 aliphatic rings. The summed E-state index contributed by atoms with van der Waals surface area (Å²) in [5, 5.41) is 10.8. The van der Waals surface area contributed by atoms with Crippen LogP contribution < -0.4 is 0 Å². The van der Waals surface area contributed by atoms with E-state index in [1.807, 2.05) is 6.20 Å². The van der Waals surface area contributed by atoms with Crippen molar-refractivity contribution in [1.82, 2.24) is 24.1 Å². The molecule has 20 heavy (non-hydrogen) atoms. The smallest absolute Gasteiger partial charge is 0.193 e. The van der Waals surface area contributed by atoms with E-state index in [1.165, 1.54) is 25.7 Å². The van der Waals surface area contributed by atoms with Gasteiger partial charge in [0.15, 0.2) is 4.96 Å². The quantitative estimate of drug-likeness (QED) is 0.728. The Labute approximate surface area is 121 Å². The highest BCUT2D eigenvalue weighted by Gasteiger charge is 2.15. The molecule has 3 aromatic heterocycles. The molecule has 0 atom stereocenters. The second kappa shape index (κ2) is 5.01. The molecule has 5 nitrogen and oxygen atoms in total. The number of hydrogen-bond donors (Lipinski definition) is 0. The fourth-order valence-corrected chi connectivity index (χ4v) is 3.60. The number of aromatic nitrogens is 5. The van der Waals surface area contributed by atoms with Crippen molar-refractivity contribution < 1.29 is 0 Å². The van der Waals surface area contributed by atoms with Crippen LogP contribution in [0.25, 0.3) is 4.96 Å². The standard InChI is InChI=1S/C14H17N5S/c1-2-4-6-19-12(5-3-1)16-17-13(19)9-11-10-18-7-8-20-14(18)15-11/h7-8,10H,1-6,9H2. The molecule has 0 fully saturated rings. The highest BCUT2D eigenvalue weighted by atomic mass is 32.1. The summed E-state index contributed by atoms with van der Waals surface area (Å²) in [6, 6.07) is 0. The number of rotatable bonds is 2. The van der Waals surface area contributed by atoms with Crippen molar-refractivity contribution in [3.05, 3.63) is 35.1 Å². The van der Waals surface area contributed by atoms with E-state index >= 15 is 0 Å². The summed E-state index contributed by atoms with van der Waals surface area (Å²) < 4.78 is 4.39. The van der Waals surface area contributed by atoms with E-state index in [4.69, 9.17) is 0 Å². The third-order valence-corrected chi connectivity index (χ3v) is 4.69. The fraction of sp³-hybridized carbons (Fsp3) is 0.500. The molecule has 3 aromatic rings. The topological polar surface area (TPSA) is 48.0 Å². The minimum absolute atomic E-state index is 0.779. The van der Waals surface area contributed by atoms with Gasteiger partial charge in [-0.3, -0.25) is 4.40 Å².